The molecule has 0 amide bonds. The summed E-state index contributed by atoms with van der Waals surface area (Å²) in [7, 11) is 0. The Morgan fingerprint density at radius 2 is 1.58 bits per heavy atom. The first-order chi connectivity index (χ1) is 11.1. The van der Waals surface area contributed by atoms with Gasteiger partial charge in [0.05, 0.1) is 6.61 Å². The minimum absolute atomic E-state index is 0. The first-order valence-electron chi connectivity index (χ1n) is 9.22. The van der Waals surface area contributed by atoms with E-state index < -0.39 is 0 Å². The molecule has 1 N–H and O–H groups in total. The average Bonchev–Trinajstić information content (AvgIpc) is 2.54. The summed E-state index contributed by atoms with van der Waals surface area (Å²) in [6.45, 7) is 13.6. The van der Waals surface area contributed by atoms with Gasteiger partial charge in [-0.15, -0.1) is 12.4 Å². The molecule has 0 aliphatic carbocycles. The van der Waals surface area contributed by atoms with Gasteiger partial charge in [0.1, 0.15) is 5.75 Å². The fraction of sp³-hybridized carbons (Fsp3) is 0.700. The molecule has 1 aliphatic heterocycles. The van der Waals surface area contributed by atoms with E-state index in [1.165, 1.54) is 44.5 Å². The zero-order valence-corrected chi connectivity index (χ0v) is 16.5. The van der Waals surface area contributed by atoms with Crippen LogP contribution in [0.2, 0.25) is 0 Å². The Bertz CT molecular complexity index is 436. The predicted molar refractivity (Wildman–Crippen MR) is 106 cm³/mol. The van der Waals surface area contributed by atoms with Crippen molar-refractivity contribution in [3.05, 3.63) is 29.8 Å². The van der Waals surface area contributed by atoms with Gasteiger partial charge in [0.25, 0.3) is 0 Å². The summed E-state index contributed by atoms with van der Waals surface area (Å²) in [4.78, 5) is 2.57. The molecule has 1 heterocycles. The molecule has 1 aliphatic rings. The van der Waals surface area contributed by atoms with Crippen molar-refractivity contribution >= 4 is 12.4 Å². The lowest BCUT2D eigenvalue weighted by atomic mass is 9.87. The molecule has 0 bridgehead atoms. The zero-order chi connectivity index (χ0) is 16.5. The minimum Gasteiger partial charge on any atom is -0.494 e. The van der Waals surface area contributed by atoms with Crippen LogP contribution >= 0.6 is 12.4 Å². The summed E-state index contributed by atoms with van der Waals surface area (Å²) >= 11 is 0. The molecule has 2 rings (SSSR count). The van der Waals surface area contributed by atoms with Crippen molar-refractivity contribution in [2.45, 2.75) is 51.9 Å². The fourth-order valence-electron chi connectivity index (χ4n) is 2.97. The molecule has 1 fully saturated rings. The van der Waals surface area contributed by atoms with Gasteiger partial charge in [-0.1, -0.05) is 45.7 Å². The van der Waals surface area contributed by atoms with Crippen LogP contribution in [0.3, 0.4) is 0 Å². The van der Waals surface area contributed by atoms with Crippen LogP contribution in [0.1, 0.15) is 52.0 Å². The molecule has 3 nitrogen and oxygen atoms in total. The number of halogens is 1. The first kappa shape index (κ1) is 21.3. The normalized spacial score (nSPS) is 15.8. The van der Waals surface area contributed by atoms with Crippen molar-refractivity contribution in [2.24, 2.45) is 0 Å². The summed E-state index contributed by atoms with van der Waals surface area (Å²) in [5.74, 6) is 0.999. The predicted octanol–water partition coefficient (Wildman–Crippen LogP) is 4.25. The second-order valence-electron chi connectivity index (χ2n) is 7.63. The highest BCUT2D eigenvalue weighted by Gasteiger charge is 2.12. The number of unbranched alkanes of at least 4 members (excludes halogenated alkanes) is 3. The zero-order valence-electron chi connectivity index (χ0n) is 15.6. The standard InChI is InChI=1S/C20H34N2O.ClH/c1-20(2,3)18-8-10-19(11-9-18)23-17-7-5-4-6-14-22-15-12-21-13-16-22;/h8-11,21H,4-7,12-17H2,1-3H3;1H. The molecule has 0 radical (unpaired) electrons. The molecule has 0 saturated carbocycles. The second-order valence-corrected chi connectivity index (χ2v) is 7.63. The van der Waals surface area contributed by atoms with Gasteiger partial charge in [-0.25, -0.2) is 0 Å². The number of hydrogen-bond donors (Lipinski definition) is 1. The molecule has 0 unspecified atom stereocenters. The Morgan fingerprint density at radius 1 is 0.958 bits per heavy atom. The van der Waals surface area contributed by atoms with Crippen LogP contribution in [0.25, 0.3) is 0 Å². The van der Waals surface area contributed by atoms with Crippen LogP contribution in [0.15, 0.2) is 24.3 Å². The largest absolute Gasteiger partial charge is 0.494 e. The highest BCUT2D eigenvalue weighted by molar-refractivity contribution is 5.85. The van der Waals surface area contributed by atoms with Crippen molar-refractivity contribution in [3.8, 4) is 5.75 Å². The van der Waals surface area contributed by atoms with E-state index in [0.29, 0.717) is 0 Å². The van der Waals surface area contributed by atoms with Gasteiger partial charge in [-0.3, -0.25) is 0 Å². The second kappa shape index (κ2) is 11.0. The summed E-state index contributed by atoms with van der Waals surface area (Å²) in [6.07, 6.45) is 5.06. The number of rotatable bonds is 8. The number of nitrogens with one attached hydrogen (secondary N) is 1. The summed E-state index contributed by atoms with van der Waals surface area (Å²) in [5.41, 5.74) is 1.57. The summed E-state index contributed by atoms with van der Waals surface area (Å²) in [6, 6.07) is 8.57. The molecular weight excluding hydrogens is 320 g/mol. The van der Waals surface area contributed by atoms with Crippen molar-refractivity contribution in [2.75, 3.05) is 39.3 Å². The van der Waals surface area contributed by atoms with Gasteiger partial charge < -0.3 is 15.0 Å². The van der Waals surface area contributed by atoms with E-state index in [1.54, 1.807) is 0 Å². The monoisotopic (exact) mass is 354 g/mol. The van der Waals surface area contributed by atoms with Crippen molar-refractivity contribution in [1.82, 2.24) is 10.2 Å². The lowest BCUT2D eigenvalue weighted by molar-refractivity contribution is 0.234. The number of ether oxygens (including phenoxy) is 1. The quantitative estimate of drug-likeness (QED) is 0.706. The first-order valence-corrected chi connectivity index (χ1v) is 9.22. The van der Waals surface area contributed by atoms with Crippen molar-refractivity contribution in [1.29, 1.82) is 0 Å². The van der Waals surface area contributed by atoms with Gasteiger partial charge in [0.15, 0.2) is 0 Å². The molecule has 24 heavy (non-hydrogen) atoms. The molecule has 4 heteroatoms. The maximum absolute atomic E-state index is 5.85. The highest BCUT2D eigenvalue weighted by atomic mass is 35.5. The lowest BCUT2D eigenvalue weighted by Gasteiger charge is -2.27. The van der Waals surface area contributed by atoms with E-state index in [2.05, 4.69) is 55.3 Å². The Balaban J connectivity index is 0.00000288. The van der Waals surface area contributed by atoms with E-state index in [4.69, 9.17) is 4.74 Å². The summed E-state index contributed by atoms with van der Waals surface area (Å²) in [5, 5.41) is 3.40. The number of nitrogens with zero attached hydrogens (tertiary/aromatic N) is 1. The van der Waals surface area contributed by atoms with Gasteiger partial charge >= 0.3 is 0 Å². The van der Waals surface area contributed by atoms with Gasteiger partial charge in [-0.05, 0) is 42.5 Å². The van der Waals surface area contributed by atoms with Crippen LogP contribution < -0.4 is 10.1 Å². The topological polar surface area (TPSA) is 24.5 Å². The Morgan fingerprint density at radius 3 is 2.21 bits per heavy atom. The smallest absolute Gasteiger partial charge is 0.119 e. The Labute approximate surface area is 154 Å². The maximum atomic E-state index is 5.85. The van der Waals surface area contributed by atoms with Crippen LogP contribution in [0.4, 0.5) is 0 Å². The lowest BCUT2D eigenvalue weighted by Crippen LogP contribution is -2.43. The van der Waals surface area contributed by atoms with E-state index in [1.807, 2.05) is 0 Å². The van der Waals surface area contributed by atoms with E-state index in [0.717, 1.165) is 31.9 Å². The summed E-state index contributed by atoms with van der Waals surface area (Å²) < 4.78 is 5.85. The van der Waals surface area contributed by atoms with E-state index in [9.17, 15) is 0 Å². The minimum atomic E-state index is 0. The van der Waals surface area contributed by atoms with Crippen LogP contribution in [-0.4, -0.2) is 44.2 Å². The van der Waals surface area contributed by atoms with Gasteiger partial charge in [-0.2, -0.15) is 0 Å². The Kier molecular flexibility index (Phi) is 9.72. The van der Waals surface area contributed by atoms with Gasteiger partial charge in [0.2, 0.25) is 0 Å². The molecule has 1 aromatic carbocycles. The number of piperazine rings is 1. The van der Waals surface area contributed by atoms with E-state index in [-0.39, 0.29) is 17.8 Å². The fourth-order valence-corrected chi connectivity index (χ4v) is 2.97. The highest BCUT2D eigenvalue weighted by Crippen LogP contribution is 2.24. The van der Waals surface area contributed by atoms with Crippen molar-refractivity contribution in [3.63, 3.8) is 0 Å². The molecule has 138 valence electrons. The van der Waals surface area contributed by atoms with Gasteiger partial charge in [0, 0.05) is 26.2 Å². The molecule has 1 saturated heterocycles. The maximum Gasteiger partial charge on any atom is 0.119 e. The molecule has 1 aromatic rings. The third kappa shape index (κ3) is 7.87. The molecular formula is C20H35ClN2O. The van der Waals surface area contributed by atoms with Crippen LogP contribution in [0, 0.1) is 0 Å². The van der Waals surface area contributed by atoms with Crippen LogP contribution in [-0.2, 0) is 5.41 Å². The molecule has 0 aromatic heterocycles. The Hall–Kier alpha value is -0.770. The third-order valence-corrected chi connectivity index (χ3v) is 4.57. The number of benzene rings is 1. The van der Waals surface area contributed by atoms with Crippen LogP contribution in [0.5, 0.6) is 5.75 Å². The molecule has 0 atom stereocenters. The van der Waals surface area contributed by atoms with Crippen molar-refractivity contribution < 1.29 is 4.74 Å². The number of hydrogen-bond acceptors (Lipinski definition) is 3. The third-order valence-electron chi connectivity index (χ3n) is 4.57. The average molecular weight is 355 g/mol. The SMILES string of the molecule is CC(C)(C)c1ccc(OCCCCCCN2CCNCC2)cc1.Cl. The molecule has 0 spiro atoms. The van der Waals surface area contributed by atoms with E-state index >= 15 is 0 Å².